The lowest BCUT2D eigenvalue weighted by Gasteiger charge is -2.40. The van der Waals surface area contributed by atoms with Crippen molar-refractivity contribution in [3.05, 3.63) is 30.1 Å². The lowest BCUT2D eigenvalue weighted by Crippen LogP contribution is -2.37. The molecule has 0 saturated heterocycles. The second kappa shape index (κ2) is 6.39. The molecule has 2 rings (SSSR count). The van der Waals surface area contributed by atoms with Gasteiger partial charge in [-0.1, -0.05) is 20.8 Å². The van der Waals surface area contributed by atoms with Crippen molar-refractivity contribution in [2.45, 2.75) is 50.2 Å². The van der Waals surface area contributed by atoms with Crippen LogP contribution in [0.4, 0.5) is 4.39 Å². The minimum Gasteiger partial charge on any atom is -0.481 e. The summed E-state index contributed by atoms with van der Waals surface area (Å²) in [6.45, 7) is 6.66. The molecule has 4 heteroatoms. The van der Waals surface area contributed by atoms with E-state index in [4.69, 9.17) is 0 Å². The molecule has 3 unspecified atom stereocenters. The van der Waals surface area contributed by atoms with Gasteiger partial charge in [-0.3, -0.25) is 4.79 Å². The predicted molar refractivity (Wildman–Crippen MR) is 84.0 cm³/mol. The van der Waals surface area contributed by atoms with Crippen molar-refractivity contribution >= 4 is 17.7 Å². The summed E-state index contributed by atoms with van der Waals surface area (Å²) in [5.74, 6) is -0.739. The molecule has 0 radical (unpaired) electrons. The Kier molecular flexibility index (Phi) is 4.97. The number of hydrogen-bond donors (Lipinski definition) is 1. The van der Waals surface area contributed by atoms with E-state index in [2.05, 4.69) is 20.8 Å². The Morgan fingerprint density at radius 1 is 1.24 bits per heavy atom. The summed E-state index contributed by atoms with van der Waals surface area (Å²) in [5, 5.41) is 9.51. The van der Waals surface area contributed by atoms with Crippen LogP contribution in [0.15, 0.2) is 29.2 Å². The van der Waals surface area contributed by atoms with E-state index in [1.54, 1.807) is 23.9 Å². The summed E-state index contributed by atoms with van der Waals surface area (Å²) in [4.78, 5) is 12.4. The van der Waals surface area contributed by atoms with E-state index in [9.17, 15) is 14.3 Å². The van der Waals surface area contributed by atoms with Gasteiger partial charge < -0.3 is 5.11 Å². The van der Waals surface area contributed by atoms with Crippen molar-refractivity contribution in [2.75, 3.05) is 0 Å². The Morgan fingerprint density at radius 3 is 2.38 bits per heavy atom. The summed E-state index contributed by atoms with van der Waals surface area (Å²) in [6.07, 6.45) is 2.61. The van der Waals surface area contributed by atoms with Crippen LogP contribution in [-0.2, 0) is 4.79 Å². The second-order valence-electron chi connectivity index (χ2n) is 6.93. The van der Waals surface area contributed by atoms with E-state index < -0.39 is 5.97 Å². The van der Waals surface area contributed by atoms with Gasteiger partial charge in [0.25, 0.3) is 0 Å². The molecule has 2 nitrogen and oxygen atoms in total. The smallest absolute Gasteiger partial charge is 0.307 e. The minimum atomic E-state index is -0.707. The maximum atomic E-state index is 13.0. The molecular formula is C17H23FO2S. The predicted octanol–water partition coefficient (Wildman–Crippen LogP) is 4.83. The van der Waals surface area contributed by atoms with Crippen molar-refractivity contribution in [1.82, 2.24) is 0 Å². The normalized spacial score (nSPS) is 26.6. The molecule has 21 heavy (non-hydrogen) atoms. The minimum absolute atomic E-state index is 0.0611. The highest BCUT2D eigenvalue weighted by molar-refractivity contribution is 8.00. The maximum Gasteiger partial charge on any atom is 0.307 e. The highest BCUT2D eigenvalue weighted by Crippen LogP contribution is 2.45. The SMILES string of the molecule is CC(C)(C)C1CCC(C(=O)O)C(Sc2ccc(F)cc2)C1. The van der Waals surface area contributed by atoms with Gasteiger partial charge in [-0.05, 0) is 54.9 Å². The van der Waals surface area contributed by atoms with Crippen LogP contribution < -0.4 is 0 Å². The molecule has 1 saturated carbocycles. The third-order valence-corrected chi connectivity index (χ3v) is 5.80. The van der Waals surface area contributed by atoms with E-state index in [0.29, 0.717) is 5.92 Å². The molecule has 116 valence electrons. The van der Waals surface area contributed by atoms with Crippen molar-refractivity contribution in [3.8, 4) is 0 Å². The molecule has 0 amide bonds. The molecule has 1 aromatic carbocycles. The first-order valence-electron chi connectivity index (χ1n) is 7.42. The van der Waals surface area contributed by atoms with Gasteiger partial charge in [-0.2, -0.15) is 0 Å². The summed E-state index contributed by atoms with van der Waals surface area (Å²) >= 11 is 1.58. The van der Waals surface area contributed by atoms with Gasteiger partial charge in [0.15, 0.2) is 0 Å². The Hall–Kier alpha value is -1.03. The van der Waals surface area contributed by atoms with Crippen LogP contribution >= 0.6 is 11.8 Å². The van der Waals surface area contributed by atoms with Gasteiger partial charge in [0, 0.05) is 10.1 Å². The number of halogens is 1. The van der Waals surface area contributed by atoms with Gasteiger partial charge in [0.1, 0.15) is 5.82 Å². The molecule has 0 spiro atoms. The summed E-state index contributed by atoms with van der Waals surface area (Å²) < 4.78 is 13.0. The topological polar surface area (TPSA) is 37.3 Å². The zero-order chi connectivity index (χ0) is 15.6. The van der Waals surface area contributed by atoms with E-state index in [1.165, 1.54) is 12.1 Å². The molecular weight excluding hydrogens is 287 g/mol. The quantitative estimate of drug-likeness (QED) is 0.868. The Labute approximate surface area is 130 Å². The Balaban J connectivity index is 2.14. The average molecular weight is 310 g/mol. The monoisotopic (exact) mass is 310 g/mol. The summed E-state index contributed by atoms with van der Waals surface area (Å²) in [6, 6.07) is 6.34. The van der Waals surface area contributed by atoms with Gasteiger partial charge in [0.05, 0.1) is 5.92 Å². The first-order chi connectivity index (χ1) is 9.77. The van der Waals surface area contributed by atoms with Crippen molar-refractivity contribution in [3.63, 3.8) is 0 Å². The Morgan fingerprint density at radius 2 is 1.86 bits per heavy atom. The standard InChI is InChI=1S/C17H23FO2S/c1-17(2,3)11-4-9-14(16(19)20)15(10-11)21-13-7-5-12(18)6-8-13/h5-8,11,14-15H,4,9-10H2,1-3H3,(H,19,20). The van der Waals surface area contributed by atoms with Crippen molar-refractivity contribution < 1.29 is 14.3 Å². The third kappa shape index (κ3) is 4.22. The number of carboxylic acid groups (broad SMARTS) is 1. The van der Waals surface area contributed by atoms with E-state index in [0.717, 1.165) is 24.2 Å². The van der Waals surface area contributed by atoms with Gasteiger partial charge in [-0.15, -0.1) is 11.8 Å². The zero-order valence-corrected chi connectivity index (χ0v) is 13.6. The molecule has 1 fully saturated rings. The summed E-state index contributed by atoms with van der Waals surface area (Å²) in [7, 11) is 0. The fourth-order valence-corrected chi connectivity index (χ4v) is 4.40. The fraction of sp³-hybridized carbons (Fsp3) is 0.588. The molecule has 1 aliphatic rings. The number of thioether (sulfide) groups is 1. The van der Waals surface area contributed by atoms with Crippen LogP contribution in [0.1, 0.15) is 40.0 Å². The van der Waals surface area contributed by atoms with Crippen molar-refractivity contribution in [1.29, 1.82) is 0 Å². The lowest BCUT2D eigenvalue weighted by atomic mass is 9.69. The number of benzene rings is 1. The van der Waals surface area contributed by atoms with Crippen LogP contribution in [0.2, 0.25) is 0 Å². The number of hydrogen-bond acceptors (Lipinski definition) is 2. The molecule has 0 bridgehead atoms. The van der Waals surface area contributed by atoms with Gasteiger partial charge >= 0.3 is 5.97 Å². The van der Waals surface area contributed by atoms with Crippen LogP contribution in [0.3, 0.4) is 0 Å². The Bertz CT molecular complexity index is 493. The number of rotatable bonds is 3. The first-order valence-corrected chi connectivity index (χ1v) is 8.30. The van der Waals surface area contributed by atoms with Crippen LogP contribution in [0, 0.1) is 23.1 Å². The van der Waals surface area contributed by atoms with Gasteiger partial charge in [-0.25, -0.2) is 4.39 Å². The van der Waals surface area contributed by atoms with Crippen LogP contribution in [0.25, 0.3) is 0 Å². The molecule has 1 N–H and O–H groups in total. The maximum absolute atomic E-state index is 13.0. The second-order valence-corrected chi connectivity index (χ2v) is 8.24. The lowest BCUT2D eigenvalue weighted by molar-refractivity contribution is -0.143. The van der Waals surface area contributed by atoms with E-state index >= 15 is 0 Å². The largest absolute Gasteiger partial charge is 0.481 e. The highest BCUT2D eigenvalue weighted by Gasteiger charge is 2.39. The number of carbonyl (C=O) groups is 1. The van der Waals surface area contributed by atoms with Gasteiger partial charge in [0.2, 0.25) is 0 Å². The number of carboxylic acids is 1. The van der Waals surface area contributed by atoms with Crippen molar-refractivity contribution in [2.24, 2.45) is 17.3 Å². The zero-order valence-electron chi connectivity index (χ0n) is 12.8. The summed E-state index contributed by atoms with van der Waals surface area (Å²) in [5.41, 5.74) is 0.199. The average Bonchev–Trinajstić information content (AvgIpc) is 2.40. The third-order valence-electron chi connectivity index (χ3n) is 4.43. The fourth-order valence-electron chi connectivity index (χ4n) is 3.02. The first kappa shape index (κ1) is 16.3. The van der Waals surface area contributed by atoms with E-state index in [-0.39, 0.29) is 22.4 Å². The van der Waals surface area contributed by atoms with E-state index in [1.807, 2.05) is 0 Å². The molecule has 1 aliphatic carbocycles. The molecule has 1 aromatic rings. The van der Waals surface area contributed by atoms with Crippen LogP contribution in [0.5, 0.6) is 0 Å². The molecule has 0 heterocycles. The number of aliphatic carboxylic acids is 1. The highest BCUT2D eigenvalue weighted by atomic mass is 32.2. The molecule has 0 aromatic heterocycles. The molecule has 3 atom stereocenters. The molecule has 0 aliphatic heterocycles. The van der Waals surface area contributed by atoms with Crippen LogP contribution in [-0.4, -0.2) is 16.3 Å².